The molecule has 0 radical (unpaired) electrons. The molecular weight excluding hydrogens is 272 g/mol. The smallest absolute Gasteiger partial charge is 0.263 e. The first-order valence-corrected chi connectivity index (χ1v) is 7.75. The van der Waals surface area contributed by atoms with Crippen LogP contribution in [0, 0.1) is 11.8 Å². The Hall–Kier alpha value is -1.69. The maximum absolute atomic E-state index is 12.3. The number of nitrogen functional groups attached to an aromatic ring is 1. The van der Waals surface area contributed by atoms with E-state index in [1.54, 1.807) is 12.4 Å². The van der Waals surface area contributed by atoms with Crippen LogP contribution in [0.2, 0.25) is 0 Å². The van der Waals surface area contributed by atoms with E-state index in [-0.39, 0.29) is 5.91 Å². The lowest BCUT2D eigenvalue weighted by molar-refractivity contribution is 0.0949. The number of rotatable bonds is 3. The average molecular weight is 290 g/mol. The van der Waals surface area contributed by atoms with Gasteiger partial charge < -0.3 is 11.1 Å². The van der Waals surface area contributed by atoms with E-state index in [0.717, 1.165) is 6.54 Å². The molecule has 5 nitrogen and oxygen atoms in total. The van der Waals surface area contributed by atoms with Crippen molar-refractivity contribution in [2.75, 3.05) is 12.3 Å². The summed E-state index contributed by atoms with van der Waals surface area (Å²) in [6.07, 6.45) is 6.93. The zero-order chi connectivity index (χ0) is 14.1. The van der Waals surface area contributed by atoms with Crippen LogP contribution in [-0.2, 0) is 0 Å². The number of nitrogens with two attached hydrogens (primary N) is 1. The molecule has 0 spiro atoms. The molecule has 0 aliphatic heterocycles. The number of carbonyl (C=O) groups is 1. The minimum absolute atomic E-state index is 0.105. The lowest BCUT2D eigenvalue weighted by Gasteiger charge is -2.15. The Morgan fingerprint density at radius 1 is 1.45 bits per heavy atom. The summed E-state index contributed by atoms with van der Waals surface area (Å²) >= 11 is 1.30. The van der Waals surface area contributed by atoms with Crippen molar-refractivity contribution in [2.24, 2.45) is 11.8 Å². The van der Waals surface area contributed by atoms with Crippen LogP contribution in [0.5, 0.6) is 0 Å². The van der Waals surface area contributed by atoms with E-state index < -0.39 is 0 Å². The summed E-state index contributed by atoms with van der Waals surface area (Å²) in [5, 5.41) is 3.01. The molecular formula is C14H18N4OS. The first-order valence-electron chi connectivity index (χ1n) is 6.94. The number of nitrogens with zero attached hydrogens (tertiary/aromatic N) is 2. The number of fused-ring (bicyclic) bond motifs is 1. The number of hydrogen-bond acceptors (Lipinski definition) is 5. The van der Waals surface area contributed by atoms with Gasteiger partial charge in [-0.05, 0) is 18.3 Å². The minimum atomic E-state index is -0.105. The van der Waals surface area contributed by atoms with E-state index in [4.69, 9.17) is 5.73 Å². The molecule has 6 heteroatoms. The molecule has 0 saturated heterocycles. The quantitative estimate of drug-likeness (QED) is 0.909. The summed E-state index contributed by atoms with van der Waals surface area (Å²) in [4.78, 5) is 21.9. The zero-order valence-corrected chi connectivity index (χ0v) is 12.2. The molecule has 0 aromatic carbocycles. The fourth-order valence-electron chi connectivity index (χ4n) is 2.84. The summed E-state index contributed by atoms with van der Waals surface area (Å²) in [6.45, 7) is 2.99. The van der Waals surface area contributed by atoms with Crippen LogP contribution in [0.15, 0.2) is 12.4 Å². The van der Waals surface area contributed by atoms with Crippen molar-refractivity contribution < 1.29 is 4.79 Å². The number of carbonyl (C=O) groups excluding carboxylic acids is 1. The van der Waals surface area contributed by atoms with E-state index in [9.17, 15) is 4.79 Å². The monoisotopic (exact) mass is 290 g/mol. The van der Waals surface area contributed by atoms with Crippen molar-refractivity contribution in [3.05, 3.63) is 17.3 Å². The van der Waals surface area contributed by atoms with E-state index in [1.165, 1.54) is 30.6 Å². The second-order valence-electron chi connectivity index (χ2n) is 5.43. The third-order valence-corrected chi connectivity index (χ3v) is 5.23. The highest BCUT2D eigenvalue weighted by Crippen LogP contribution is 2.32. The molecule has 2 atom stereocenters. The number of aromatic nitrogens is 2. The van der Waals surface area contributed by atoms with Gasteiger partial charge in [0.1, 0.15) is 15.2 Å². The topological polar surface area (TPSA) is 80.9 Å². The van der Waals surface area contributed by atoms with Crippen LogP contribution in [0.4, 0.5) is 5.69 Å². The number of amides is 1. The third kappa shape index (κ3) is 2.35. The van der Waals surface area contributed by atoms with Crippen molar-refractivity contribution in [3.8, 4) is 0 Å². The van der Waals surface area contributed by atoms with Crippen LogP contribution >= 0.6 is 11.3 Å². The standard InChI is InChI=1S/C14H18N4OS/c1-8-3-2-4-9(8)7-18-13(19)12-10(15)11-14(20-12)17-6-5-16-11/h5-6,8-9H,2-4,7,15H2,1H3,(H,18,19). The molecule has 20 heavy (non-hydrogen) atoms. The molecule has 1 saturated carbocycles. The molecule has 0 bridgehead atoms. The molecule has 106 valence electrons. The Morgan fingerprint density at radius 2 is 2.25 bits per heavy atom. The lowest BCUT2D eigenvalue weighted by Crippen LogP contribution is -2.30. The number of anilines is 1. The average Bonchev–Trinajstić information content (AvgIpc) is 3.01. The van der Waals surface area contributed by atoms with Crippen molar-refractivity contribution in [2.45, 2.75) is 26.2 Å². The third-order valence-electron chi connectivity index (χ3n) is 4.13. The largest absolute Gasteiger partial charge is 0.396 e. The van der Waals surface area contributed by atoms with Gasteiger partial charge in [-0.2, -0.15) is 0 Å². The maximum Gasteiger partial charge on any atom is 0.263 e. The van der Waals surface area contributed by atoms with Crippen LogP contribution in [0.1, 0.15) is 35.9 Å². The van der Waals surface area contributed by atoms with E-state index >= 15 is 0 Å². The normalized spacial score (nSPS) is 22.2. The molecule has 1 amide bonds. The van der Waals surface area contributed by atoms with Gasteiger partial charge >= 0.3 is 0 Å². The first-order chi connectivity index (χ1) is 9.66. The molecule has 1 fully saturated rings. The van der Waals surface area contributed by atoms with Gasteiger partial charge in [-0.25, -0.2) is 9.97 Å². The fourth-order valence-corrected chi connectivity index (χ4v) is 3.78. The van der Waals surface area contributed by atoms with Crippen molar-refractivity contribution in [3.63, 3.8) is 0 Å². The molecule has 2 heterocycles. The molecule has 3 N–H and O–H groups in total. The summed E-state index contributed by atoms with van der Waals surface area (Å²) in [5.74, 6) is 1.18. The van der Waals surface area contributed by atoms with Crippen molar-refractivity contribution >= 4 is 33.3 Å². The highest BCUT2D eigenvalue weighted by Gasteiger charge is 2.25. The second-order valence-corrected chi connectivity index (χ2v) is 6.43. The van der Waals surface area contributed by atoms with Gasteiger partial charge in [0.05, 0.1) is 5.69 Å². The van der Waals surface area contributed by atoms with Crippen LogP contribution < -0.4 is 11.1 Å². The number of nitrogens with one attached hydrogen (secondary N) is 1. The summed E-state index contributed by atoms with van der Waals surface area (Å²) in [6, 6.07) is 0. The predicted molar refractivity (Wildman–Crippen MR) is 80.7 cm³/mol. The maximum atomic E-state index is 12.3. The molecule has 1 aliphatic carbocycles. The second kappa shape index (κ2) is 5.36. The molecule has 2 unspecified atom stereocenters. The zero-order valence-electron chi connectivity index (χ0n) is 11.4. The van der Waals surface area contributed by atoms with Gasteiger partial charge in [0.25, 0.3) is 5.91 Å². The molecule has 2 aromatic rings. The Kier molecular flexibility index (Phi) is 3.56. The van der Waals surface area contributed by atoms with E-state index in [0.29, 0.717) is 32.7 Å². The fraction of sp³-hybridized carbons (Fsp3) is 0.500. The summed E-state index contributed by atoms with van der Waals surface area (Å²) in [7, 11) is 0. The van der Waals surface area contributed by atoms with Gasteiger partial charge in [-0.1, -0.05) is 19.8 Å². The molecule has 1 aliphatic rings. The van der Waals surface area contributed by atoms with Gasteiger partial charge in [0, 0.05) is 18.9 Å². The lowest BCUT2D eigenvalue weighted by atomic mass is 9.98. The van der Waals surface area contributed by atoms with Gasteiger partial charge in [-0.3, -0.25) is 4.79 Å². The Labute approximate surface area is 121 Å². The first kappa shape index (κ1) is 13.3. The van der Waals surface area contributed by atoms with E-state index in [1.807, 2.05) is 0 Å². The predicted octanol–water partition coefficient (Wildman–Crippen LogP) is 2.44. The van der Waals surface area contributed by atoms with Gasteiger partial charge in [0.2, 0.25) is 0 Å². The Morgan fingerprint density at radius 3 is 2.95 bits per heavy atom. The Balaban J connectivity index is 1.74. The van der Waals surface area contributed by atoms with Crippen LogP contribution in [-0.4, -0.2) is 22.4 Å². The number of thiophene rings is 1. The van der Waals surface area contributed by atoms with Crippen molar-refractivity contribution in [1.82, 2.24) is 15.3 Å². The SMILES string of the molecule is CC1CCCC1CNC(=O)c1sc2nccnc2c1N. The van der Waals surface area contributed by atoms with Gasteiger partial charge in [-0.15, -0.1) is 11.3 Å². The van der Waals surface area contributed by atoms with Crippen LogP contribution in [0.25, 0.3) is 10.3 Å². The van der Waals surface area contributed by atoms with E-state index in [2.05, 4.69) is 22.2 Å². The van der Waals surface area contributed by atoms with Gasteiger partial charge in [0.15, 0.2) is 0 Å². The molecule has 2 aromatic heterocycles. The van der Waals surface area contributed by atoms with Crippen molar-refractivity contribution in [1.29, 1.82) is 0 Å². The number of hydrogen-bond donors (Lipinski definition) is 2. The highest BCUT2D eigenvalue weighted by molar-refractivity contribution is 7.21. The summed E-state index contributed by atoms with van der Waals surface area (Å²) in [5.41, 5.74) is 7.06. The highest BCUT2D eigenvalue weighted by atomic mass is 32.1. The molecule has 3 rings (SSSR count). The summed E-state index contributed by atoms with van der Waals surface area (Å²) < 4.78 is 0. The Bertz CT molecular complexity index is 639. The minimum Gasteiger partial charge on any atom is -0.396 e. The van der Waals surface area contributed by atoms with Crippen LogP contribution in [0.3, 0.4) is 0 Å².